The van der Waals surface area contributed by atoms with Crippen LogP contribution in [-0.2, 0) is 6.54 Å². The van der Waals surface area contributed by atoms with Crippen molar-refractivity contribution in [2.24, 2.45) is 0 Å². The Morgan fingerprint density at radius 1 is 1.14 bits per heavy atom. The molecule has 1 fully saturated rings. The van der Waals surface area contributed by atoms with Crippen LogP contribution < -0.4 is 19.9 Å². The monoisotopic (exact) mass is 400 g/mol. The summed E-state index contributed by atoms with van der Waals surface area (Å²) in [6.45, 7) is 3.19. The van der Waals surface area contributed by atoms with Crippen molar-refractivity contribution in [1.29, 1.82) is 0 Å². The van der Waals surface area contributed by atoms with E-state index in [-0.39, 0.29) is 23.7 Å². The van der Waals surface area contributed by atoms with Gasteiger partial charge < -0.3 is 14.4 Å². The van der Waals surface area contributed by atoms with Crippen LogP contribution in [0, 0.1) is 10.1 Å². The number of rotatable bonds is 5. The third-order valence-corrected chi connectivity index (χ3v) is 5.12. The predicted molar refractivity (Wildman–Crippen MR) is 102 cm³/mol. The van der Waals surface area contributed by atoms with Gasteiger partial charge in [-0.05, 0) is 12.1 Å². The summed E-state index contributed by atoms with van der Waals surface area (Å²) in [5, 5.41) is 20.5. The third-order valence-electron chi connectivity index (χ3n) is 5.12. The largest absolute Gasteiger partial charge is 0.454 e. The molecule has 0 saturated carbocycles. The molecule has 29 heavy (non-hydrogen) atoms. The topological polar surface area (TPSA) is 117 Å². The minimum atomic E-state index is -0.775. The van der Waals surface area contributed by atoms with Crippen LogP contribution in [0.15, 0.2) is 36.4 Å². The van der Waals surface area contributed by atoms with E-state index in [1.54, 1.807) is 5.48 Å². The summed E-state index contributed by atoms with van der Waals surface area (Å²) in [6, 6.07) is 10.0. The van der Waals surface area contributed by atoms with E-state index in [0.29, 0.717) is 32.7 Å². The number of nitro benzene ring substituents is 1. The van der Waals surface area contributed by atoms with Gasteiger partial charge in [0.1, 0.15) is 5.69 Å². The van der Waals surface area contributed by atoms with Gasteiger partial charge in [-0.2, -0.15) is 0 Å². The second-order valence-electron chi connectivity index (χ2n) is 6.79. The summed E-state index contributed by atoms with van der Waals surface area (Å²) in [6.07, 6.45) is 0. The molecule has 2 aliphatic heterocycles. The first-order chi connectivity index (χ1) is 14.1. The fourth-order valence-electron chi connectivity index (χ4n) is 3.74. The molecule has 10 nitrogen and oxygen atoms in total. The lowest BCUT2D eigenvalue weighted by molar-refractivity contribution is -0.384. The minimum absolute atomic E-state index is 0.0709. The number of hydroxylamine groups is 1. The first-order valence-electron chi connectivity index (χ1n) is 9.15. The van der Waals surface area contributed by atoms with E-state index >= 15 is 0 Å². The number of carbonyl (C=O) groups is 1. The second kappa shape index (κ2) is 7.94. The summed E-state index contributed by atoms with van der Waals surface area (Å²) in [7, 11) is 0. The van der Waals surface area contributed by atoms with Gasteiger partial charge in [-0.25, -0.2) is 5.48 Å². The fourth-order valence-corrected chi connectivity index (χ4v) is 3.74. The molecule has 152 valence electrons. The maximum absolute atomic E-state index is 12.0. The molecule has 0 spiro atoms. The smallest absolute Gasteiger partial charge is 0.293 e. The number of benzene rings is 2. The highest BCUT2D eigenvalue weighted by molar-refractivity contribution is 6.01. The highest BCUT2D eigenvalue weighted by atomic mass is 16.7. The van der Waals surface area contributed by atoms with Crippen molar-refractivity contribution >= 4 is 17.3 Å². The molecular weight excluding hydrogens is 380 g/mol. The first kappa shape index (κ1) is 19.0. The molecule has 4 rings (SSSR count). The molecule has 2 heterocycles. The molecule has 0 bridgehead atoms. The first-order valence-corrected chi connectivity index (χ1v) is 9.15. The molecule has 0 radical (unpaired) electrons. The van der Waals surface area contributed by atoms with Crippen LogP contribution in [-0.4, -0.2) is 53.9 Å². The van der Waals surface area contributed by atoms with Crippen LogP contribution in [0.1, 0.15) is 15.9 Å². The average molecular weight is 400 g/mol. The van der Waals surface area contributed by atoms with Crippen molar-refractivity contribution in [3.05, 3.63) is 57.6 Å². The predicted octanol–water partition coefficient (Wildman–Crippen LogP) is 1.76. The summed E-state index contributed by atoms with van der Waals surface area (Å²) in [5.41, 5.74) is 2.73. The Morgan fingerprint density at radius 2 is 1.90 bits per heavy atom. The van der Waals surface area contributed by atoms with Crippen LogP contribution in [0.4, 0.5) is 11.4 Å². The van der Waals surface area contributed by atoms with Crippen molar-refractivity contribution in [2.75, 3.05) is 37.9 Å². The molecule has 0 aliphatic carbocycles. The lowest BCUT2D eigenvalue weighted by Crippen LogP contribution is -2.46. The number of fused-ring (bicyclic) bond motifs is 1. The number of nitrogens with one attached hydrogen (secondary N) is 1. The molecule has 10 heteroatoms. The van der Waals surface area contributed by atoms with Gasteiger partial charge in [0, 0.05) is 44.4 Å². The van der Waals surface area contributed by atoms with E-state index in [0.717, 1.165) is 17.1 Å². The second-order valence-corrected chi connectivity index (χ2v) is 6.79. The molecule has 2 aromatic rings. The van der Waals surface area contributed by atoms with Crippen LogP contribution >= 0.6 is 0 Å². The normalized spacial score (nSPS) is 16.0. The quantitative estimate of drug-likeness (QED) is 0.443. The average Bonchev–Trinajstić information content (AvgIpc) is 3.23. The summed E-state index contributed by atoms with van der Waals surface area (Å²) < 4.78 is 11.0. The Labute approximate surface area is 166 Å². The zero-order chi connectivity index (χ0) is 20.4. The van der Waals surface area contributed by atoms with E-state index in [4.69, 9.17) is 14.7 Å². The standard InChI is InChI=1S/C19H20N4O6/c24-19(20-25)14-4-2-5-15(23(26)27)17(14)22-9-7-21(8-10-22)11-13-3-1-6-16-18(13)29-12-28-16/h1-6,25H,7-12H2,(H,20,24). The van der Waals surface area contributed by atoms with Gasteiger partial charge in [0.05, 0.1) is 10.5 Å². The van der Waals surface area contributed by atoms with E-state index in [9.17, 15) is 14.9 Å². The highest BCUT2D eigenvalue weighted by Crippen LogP contribution is 2.37. The van der Waals surface area contributed by atoms with Gasteiger partial charge in [-0.1, -0.05) is 18.2 Å². The van der Waals surface area contributed by atoms with Crippen LogP contribution in [0.3, 0.4) is 0 Å². The van der Waals surface area contributed by atoms with Gasteiger partial charge in [0.2, 0.25) is 6.79 Å². The van der Waals surface area contributed by atoms with Crippen molar-refractivity contribution < 1.29 is 24.4 Å². The molecule has 1 amide bonds. The Kier molecular flexibility index (Phi) is 5.19. The summed E-state index contributed by atoms with van der Waals surface area (Å²) in [5.74, 6) is 0.722. The molecule has 1 saturated heterocycles. The maximum atomic E-state index is 12.0. The molecule has 2 aromatic carbocycles. The summed E-state index contributed by atoms with van der Waals surface area (Å²) >= 11 is 0. The molecule has 0 atom stereocenters. The van der Waals surface area contributed by atoms with E-state index in [1.807, 2.05) is 23.1 Å². The van der Waals surface area contributed by atoms with Crippen molar-refractivity contribution in [1.82, 2.24) is 10.4 Å². The van der Waals surface area contributed by atoms with Crippen molar-refractivity contribution in [3.8, 4) is 11.5 Å². The molecule has 2 N–H and O–H groups in total. The number of amides is 1. The van der Waals surface area contributed by atoms with Gasteiger partial charge >= 0.3 is 0 Å². The SMILES string of the molecule is O=C(NO)c1cccc([N+](=O)[O-])c1N1CCN(Cc2cccc3c2OCO3)CC1. The van der Waals surface area contributed by atoms with Gasteiger partial charge in [0.25, 0.3) is 11.6 Å². The van der Waals surface area contributed by atoms with Gasteiger partial charge in [-0.15, -0.1) is 0 Å². The maximum Gasteiger partial charge on any atom is 0.293 e. The number of anilines is 1. The van der Waals surface area contributed by atoms with Crippen molar-refractivity contribution in [2.45, 2.75) is 6.54 Å². The molecule has 2 aliphatic rings. The number of nitrogens with zero attached hydrogens (tertiary/aromatic N) is 3. The number of nitro groups is 1. The minimum Gasteiger partial charge on any atom is -0.454 e. The Hall–Kier alpha value is -3.37. The van der Waals surface area contributed by atoms with Crippen LogP contribution in [0.5, 0.6) is 11.5 Å². The van der Waals surface area contributed by atoms with E-state index in [1.165, 1.54) is 18.2 Å². The number of ether oxygens (including phenoxy) is 2. The van der Waals surface area contributed by atoms with Crippen LogP contribution in [0.25, 0.3) is 0 Å². The fraction of sp³-hybridized carbons (Fsp3) is 0.316. The number of hydrogen-bond donors (Lipinski definition) is 2. The lowest BCUT2D eigenvalue weighted by Gasteiger charge is -2.36. The van der Waals surface area contributed by atoms with E-state index in [2.05, 4.69) is 4.90 Å². The molecule has 0 aromatic heterocycles. The Morgan fingerprint density at radius 3 is 2.62 bits per heavy atom. The van der Waals surface area contributed by atoms with Gasteiger partial charge in [0.15, 0.2) is 11.5 Å². The number of hydrogen-bond acceptors (Lipinski definition) is 8. The Bertz CT molecular complexity index is 942. The Balaban J connectivity index is 1.51. The molecular formula is C19H20N4O6. The van der Waals surface area contributed by atoms with E-state index < -0.39 is 10.8 Å². The molecule has 0 unspecified atom stereocenters. The van der Waals surface area contributed by atoms with Gasteiger partial charge in [-0.3, -0.25) is 25.0 Å². The zero-order valence-electron chi connectivity index (χ0n) is 15.5. The summed E-state index contributed by atoms with van der Waals surface area (Å²) in [4.78, 5) is 27.0. The van der Waals surface area contributed by atoms with Crippen LogP contribution in [0.2, 0.25) is 0 Å². The highest BCUT2D eigenvalue weighted by Gasteiger charge is 2.29. The number of para-hydroxylation sites is 2. The third kappa shape index (κ3) is 3.67. The lowest BCUT2D eigenvalue weighted by atomic mass is 10.1. The zero-order valence-corrected chi connectivity index (χ0v) is 15.5. The number of piperazine rings is 1. The number of carbonyl (C=O) groups excluding carboxylic acids is 1. The van der Waals surface area contributed by atoms with Crippen molar-refractivity contribution in [3.63, 3.8) is 0 Å².